The fourth-order valence-corrected chi connectivity index (χ4v) is 0.633. The summed E-state index contributed by atoms with van der Waals surface area (Å²) in [6, 6.07) is 0. The highest BCUT2D eigenvalue weighted by Gasteiger charge is 2.06. The maximum absolute atomic E-state index is 11.3. The minimum Gasteiger partial charge on any atom is -0.461 e. The molecule has 0 radical (unpaired) electrons. The zero-order chi connectivity index (χ0) is 10.4. The fraction of sp³-hybridized carbons (Fsp3) is 0.700. The molecule has 0 heterocycles. The third-order valence-electron chi connectivity index (χ3n) is 1.83. The smallest absolute Gasteiger partial charge is 0.333 e. The molecule has 0 N–H and O–H groups in total. The molecule has 0 aromatic carbocycles. The lowest BCUT2D eigenvalue weighted by Gasteiger charge is -2.10. The summed E-state index contributed by atoms with van der Waals surface area (Å²) >= 11 is 0. The second-order valence-corrected chi connectivity index (χ2v) is 3.56. The van der Waals surface area contributed by atoms with Gasteiger partial charge in [-0.25, -0.2) is 4.79 Å². The molecule has 0 aromatic rings. The molecule has 0 saturated heterocycles. The van der Waals surface area contributed by atoms with Crippen LogP contribution in [0.4, 0.5) is 0 Å². The van der Waals surface area contributed by atoms with Crippen LogP contribution in [0.5, 0.6) is 0 Å². The molecule has 0 bridgehead atoms. The molecule has 0 aliphatic carbocycles. The number of hydrogen-bond acceptors (Lipinski definition) is 3. The van der Waals surface area contributed by atoms with Crippen LogP contribution in [0.3, 0.4) is 0 Å². The standard InChI is InChI=1S/C10H19NO2/c1-8(2)9(3)10(12)13-7-6-11(4)5/h6-7H2,1-5H3. The first-order valence-corrected chi connectivity index (χ1v) is 4.41. The average Bonchev–Trinajstić information content (AvgIpc) is 2.02. The summed E-state index contributed by atoms with van der Waals surface area (Å²) in [4.78, 5) is 13.2. The van der Waals surface area contributed by atoms with Gasteiger partial charge in [-0.15, -0.1) is 0 Å². The van der Waals surface area contributed by atoms with E-state index in [4.69, 9.17) is 4.74 Å². The summed E-state index contributed by atoms with van der Waals surface area (Å²) in [5.74, 6) is -0.207. The largest absolute Gasteiger partial charge is 0.461 e. The van der Waals surface area contributed by atoms with Gasteiger partial charge in [0.15, 0.2) is 0 Å². The number of esters is 1. The highest BCUT2D eigenvalue weighted by Crippen LogP contribution is 2.03. The molecular formula is C10H19NO2. The second kappa shape index (κ2) is 5.75. The molecule has 3 heteroatoms. The molecule has 0 aliphatic heterocycles. The molecule has 0 unspecified atom stereocenters. The van der Waals surface area contributed by atoms with Gasteiger partial charge in [-0.05, 0) is 34.9 Å². The van der Waals surface area contributed by atoms with Gasteiger partial charge in [0.2, 0.25) is 0 Å². The van der Waals surface area contributed by atoms with Gasteiger partial charge in [0, 0.05) is 12.1 Å². The van der Waals surface area contributed by atoms with E-state index in [1.165, 1.54) is 0 Å². The Kier molecular flexibility index (Phi) is 5.39. The van der Waals surface area contributed by atoms with Gasteiger partial charge in [-0.2, -0.15) is 0 Å². The zero-order valence-electron chi connectivity index (χ0n) is 9.18. The molecular weight excluding hydrogens is 166 g/mol. The molecule has 0 fully saturated rings. The van der Waals surface area contributed by atoms with Gasteiger partial charge < -0.3 is 9.64 Å². The first-order valence-electron chi connectivity index (χ1n) is 4.41. The van der Waals surface area contributed by atoms with Crippen LogP contribution < -0.4 is 0 Å². The van der Waals surface area contributed by atoms with E-state index in [2.05, 4.69) is 0 Å². The minimum atomic E-state index is -0.207. The fourth-order valence-electron chi connectivity index (χ4n) is 0.633. The minimum absolute atomic E-state index is 0.207. The quantitative estimate of drug-likeness (QED) is 0.490. The maximum atomic E-state index is 11.3. The molecule has 0 atom stereocenters. The monoisotopic (exact) mass is 185 g/mol. The van der Waals surface area contributed by atoms with Gasteiger partial charge in [0.1, 0.15) is 6.61 Å². The van der Waals surface area contributed by atoms with E-state index in [1.807, 2.05) is 32.8 Å². The SMILES string of the molecule is CC(C)=C(C)C(=O)OCCN(C)C. The molecule has 76 valence electrons. The summed E-state index contributed by atoms with van der Waals surface area (Å²) < 4.78 is 5.04. The third kappa shape index (κ3) is 5.42. The normalized spacial score (nSPS) is 10.0. The van der Waals surface area contributed by atoms with Gasteiger partial charge >= 0.3 is 5.97 Å². The molecule has 0 rings (SSSR count). The summed E-state index contributed by atoms with van der Waals surface area (Å²) in [5.41, 5.74) is 1.72. The number of carbonyl (C=O) groups excluding carboxylic acids is 1. The Morgan fingerprint density at radius 3 is 2.15 bits per heavy atom. The summed E-state index contributed by atoms with van der Waals surface area (Å²) in [7, 11) is 3.89. The third-order valence-corrected chi connectivity index (χ3v) is 1.83. The molecule has 0 amide bonds. The van der Waals surface area contributed by atoms with E-state index in [0.717, 1.165) is 12.1 Å². The van der Waals surface area contributed by atoms with Gasteiger partial charge in [-0.1, -0.05) is 5.57 Å². The Balaban J connectivity index is 3.83. The lowest BCUT2D eigenvalue weighted by Crippen LogP contribution is -2.20. The van der Waals surface area contributed by atoms with Gasteiger partial charge in [-0.3, -0.25) is 0 Å². The molecule has 0 spiro atoms. The Hall–Kier alpha value is -0.830. The van der Waals surface area contributed by atoms with Crippen LogP contribution in [0.25, 0.3) is 0 Å². The second-order valence-electron chi connectivity index (χ2n) is 3.56. The number of rotatable bonds is 4. The molecule has 0 saturated carbocycles. The van der Waals surface area contributed by atoms with E-state index in [0.29, 0.717) is 12.2 Å². The molecule has 0 aromatic heterocycles. The van der Waals surface area contributed by atoms with Crippen molar-refractivity contribution in [1.29, 1.82) is 0 Å². The number of carbonyl (C=O) groups is 1. The van der Waals surface area contributed by atoms with E-state index in [-0.39, 0.29) is 5.97 Å². The van der Waals surface area contributed by atoms with Crippen molar-refractivity contribution in [2.75, 3.05) is 27.2 Å². The number of nitrogens with zero attached hydrogens (tertiary/aromatic N) is 1. The van der Waals surface area contributed by atoms with Crippen molar-refractivity contribution in [3.05, 3.63) is 11.1 Å². The Morgan fingerprint density at radius 1 is 1.23 bits per heavy atom. The van der Waals surface area contributed by atoms with E-state index in [1.54, 1.807) is 6.92 Å². The lowest BCUT2D eigenvalue weighted by molar-refractivity contribution is -0.139. The number of likely N-dealkylation sites (N-methyl/N-ethyl adjacent to an activating group) is 1. The van der Waals surface area contributed by atoms with Crippen molar-refractivity contribution in [3.8, 4) is 0 Å². The highest BCUT2D eigenvalue weighted by molar-refractivity contribution is 5.88. The number of allylic oxidation sites excluding steroid dienone is 1. The van der Waals surface area contributed by atoms with Crippen LogP contribution in [0.2, 0.25) is 0 Å². The lowest BCUT2D eigenvalue weighted by atomic mass is 10.2. The predicted octanol–water partition coefficient (Wildman–Crippen LogP) is 1.45. The first kappa shape index (κ1) is 12.2. The molecule has 13 heavy (non-hydrogen) atoms. The average molecular weight is 185 g/mol. The predicted molar refractivity (Wildman–Crippen MR) is 53.6 cm³/mol. The van der Waals surface area contributed by atoms with Crippen LogP contribution >= 0.6 is 0 Å². The van der Waals surface area contributed by atoms with E-state index >= 15 is 0 Å². The van der Waals surface area contributed by atoms with Crippen molar-refractivity contribution in [1.82, 2.24) is 4.90 Å². The van der Waals surface area contributed by atoms with Crippen molar-refractivity contribution in [2.45, 2.75) is 20.8 Å². The summed E-state index contributed by atoms with van der Waals surface area (Å²) in [6.45, 7) is 6.82. The van der Waals surface area contributed by atoms with Crippen LogP contribution in [-0.4, -0.2) is 38.1 Å². The van der Waals surface area contributed by atoms with Crippen LogP contribution in [-0.2, 0) is 9.53 Å². The van der Waals surface area contributed by atoms with Crippen molar-refractivity contribution < 1.29 is 9.53 Å². The van der Waals surface area contributed by atoms with Crippen LogP contribution in [0, 0.1) is 0 Å². The maximum Gasteiger partial charge on any atom is 0.333 e. The number of ether oxygens (including phenoxy) is 1. The van der Waals surface area contributed by atoms with Crippen molar-refractivity contribution in [2.24, 2.45) is 0 Å². The van der Waals surface area contributed by atoms with Crippen molar-refractivity contribution >= 4 is 5.97 Å². The van der Waals surface area contributed by atoms with Gasteiger partial charge in [0.05, 0.1) is 0 Å². The van der Waals surface area contributed by atoms with Crippen LogP contribution in [0.1, 0.15) is 20.8 Å². The molecule has 0 aliphatic rings. The Labute approximate surface area is 80.4 Å². The summed E-state index contributed by atoms with van der Waals surface area (Å²) in [5, 5.41) is 0. The first-order chi connectivity index (χ1) is 5.95. The van der Waals surface area contributed by atoms with E-state index in [9.17, 15) is 4.79 Å². The highest BCUT2D eigenvalue weighted by atomic mass is 16.5. The molecule has 3 nitrogen and oxygen atoms in total. The van der Waals surface area contributed by atoms with Gasteiger partial charge in [0.25, 0.3) is 0 Å². The Bertz CT molecular complexity index is 203. The summed E-state index contributed by atoms with van der Waals surface area (Å²) in [6.07, 6.45) is 0. The zero-order valence-corrected chi connectivity index (χ0v) is 9.18. The Morgan fingerprint density at radius 2 is 1.77 bits per heavy atom. The van der Waals surface area contributed by atoms with Crippen molar-refractivity contribution in [3.63, 3.8) is 0 Å². The van der Waals surface area contributed by atoms with E-state index < -0.39 is 0 Å². The number of hydrogen-bond donors (Lipinski definition) is 0. The topological polar surface area (TPSA) is 29.5 Å². The van der Waals surface area contributed by atoms with Crippen LogP contribution in [0.15, 0.2) is 11.1 Å².